The maximum Gasteiger partial charge on any atom is 0.311 e. The second-order valence-electron chi connectivity index (χ2n) is 4.01. The van der Waals surface area contributed by atoms with E-state index in [0.717, 1.165) is 5.56 Å². The molecule has 15 heavy (non-hydrogen) atoms. The van der Waals surface area contributed by atoms with Gasteiger partial charge in [0.2, 0.25) is 0 Å². The number of carbonyl (C=O) groups is 1. The van der Waals surface area contributed by atoms with Crippen LogP contribution in [-0.4, -0.2) is 5.97 Å². The highest BCUT2D eigenvalue weighted by atomic mass is 35.5. The molecule has 0 fully saturated rings. The number of hydrogen-bond donors (Lipinski definition) is 0. The van der Waals surface area contributed by atoms with Crippen molar-refractivity contribution in [2.24, 2.45) is 5.92 Å². The van der Waals surface area contributed by atoms with Gasteiger partial charge in [-0.1, -0.05) is 31.5 Å². The highest BCUT2D eigenvalue weighted by Gasteiger charge is 2.09. The fourth-order valence-corrected chi connectivity index (χ4v) is 1.46. The van der Waals surface area contributed by atoms with Crippen molar-refractivity contribution in [1.29, 1.82) is 0 Å². The van der Waals surface area contributed by atoms with Crippen molar-refractivity contribution in [3.63, 3.8) is 0 Å². The van der Waals surface area contributed by atoms with Crippen LogP contribution >= 0.6 is 11.6 Å². The number of rotatable bonds is 3. The van der Waals surface area contributed by atoms with E-state index in [4.69, 9.17) is 16.3 Å². The Bertz CT molecular complexity index is 359. The van der Waals surface area contributed by atoms with Gasteiger partial charge in [0.15, 0.2) is 0 Å². The van der Waals surface area contributed by atoms with E-state index in [1.165, 1.54) is 0 Å². The lowest BCUT2D eigenvalue weighted by Gasteiger charge is -2.08. The Morgan fingerprint density at radius 1 is 1.47 bits per heavy atom. The van der Waals surface area contributed by atoms with E-state index in [2.05, 4.69) is 0 Å². The Morgan fingerprint density at radius 3 is 2.67 bits per heavy atom. The Kier molecular flexibility index (Phi) is 4.15. The molecule has 0 aliphatic rings. The predicted molar refractivity (Wildman–Crippen MR) is 61.3 cm³/mol. The van der Waals surface area contributed by atoms with E-state index in [0.29, 0.717) is 23.1 Å². The summed E-state index contributed by atoms with van der Waals surface area (Å²) in [5, 5.41) is 0.479. The van der Waals surface area contributed by atoms with Crippen molar-refractivity contribution < 1.29 is 9.53 Å². The Morgan fingerprint density at radius 2 is 2.13 bits per heavy atom. The third-order valence-electron chi connectivity index (χ3n) is 1.89. The van der Waals surface area contributed by atoms with Gasteiger partial charge in [-0.2, -0.15) is 0 Å². The summed E-state index contributed by atoms with van der Waals surface area (Å²) in [4.78, 5) is 11.4. The van der Waals surface area contributed by atoms with Crippen LogP contribution in [0, 0.1) is 12.8 Å². The normalized spacial score (nSPS) is 10.5. The second kappa shape index (κ2) is 5.17. The first-order valence-corrected chi connectivity index (χ1v) is 5.33. The van der Waals surface area contributed by atoms with Gasteiger partial charge in [-0.25, -0.2) is 0 Å². The van der Waals surface area contributed by atoms with Crippen LogP contribution in [0.15, 0.2) is 18.2 Å². The number of esters is 1. The molecule has 1 rings (SSSR count). The molecule has 0 atom stereocenters. The summed E-state index contributed by atoms with van der Waals surface area (Å²) in [6.07, 6.45) is 0.407. The fourth-order valence-electron chi connectivity index (χ4n) is 1.19. The van der Waals surface area contributed by atoms with Crippen LogP contribution in [0.3, 0.4) is 0 Å². The van der Waals surface area contributed by atoms with Gasteiger partial charge in [-0.05, 0) is 30.5 Å². The summed E-state index contributed by atoms with van der Waals surface area (Å²) in [5.41, 5.74) is 1.05. The molecule has 0 spiro atoms. The number of benzene rings is 1. The van der Waals surface area contributed by atoms with Crippen LogP contribution in [0.5, 0.6) is 5.75 Å². The van der Waals surface area contributed by atoms with Crippen LogP contribution in [0.2, 0.25) is 5.02 Å². The summed E-state index contributed by atoms with van der Waals surface area (Å²) in [5.74, 6) is 0.491. The van der Waals surface area contributed by atoms with E-state index < -0.39 is 0 Å². The molecular formula is C12H15ClO2. The van der Waals surface area contributed by atoms with Crippen LogP contribution in [0.25, 0.3) is 0 Å². The molecule has 0 aliphatic carbocycles. The largest absolute Gasteiger partial charge is 0.425 e. The first-order chi connectivity index (χ1) is 6.99. The quantitative estimate of drug-likeness (QED) is 0.582. The van der Waals surface area contributed by atoms with Crippen LogP contribution < -0.4 is 4.74 Å². The van der Waals surface area contributed by atoms with Gasteiger partial charge in [0.25, 0.3) is 0 Å². The molecule has 0 saturated heterocycles. The zero-order valence-corrected chi connectivity index (χ0v) is 9.97. The molecule has 0 radical (unpaired) electrons. The van der Waals surface area contributed by atoms with Gasteiger partial charge in [-0.15, -0.1) is 0 Å². The van der Waals surface area contributed by atoms with Gasteiger partial charge < -0.3 is 4.74 Å². The Balaban J connectivity index is 2.68. The lowest BCUT2D eigenvalue weighted by Crippen LogP contribution is -2.10. The zero-order valence-electron chi connectivity index (χ0n) is 9.21. The number of carbonyl (C=O) groups excluding carboxylic acids is 1. The van der Waals surface area contributed by atoms with E-state index in [9.17, 15) is 4.79 Å². The molecule has 82 valence electrons. The van der Waals surface area contributed by atoms with Crippen molar-refractivity contribution in [2.75, 3.05) is 0 Å². The summed E-state index contributed by atoms with van der Waals surface area (Å²) in [7, 11) is 0. The average Bonchev–Trinajstić information content (AvgIpc) is 2.08. The molecule has 0 unspecified atom stereocenters. The minimum Gasteiger partial charge on any atom is -0.425 e. The van der Waals surface area contributed by atoms with E-state index in [1.807, 2.05) is 26.8 Å². The lowest BCUT2D eigenvalue weighted by molar-refractivity contribution is -0.135. The molecule has 0 heterocycles. The van der Waals surface area contributed by atoms with Gasteiger partial charge in [-0.3, -0.25) is 4.79 Å². The van der Waals surface area contributed by atoms with Crippen molar-refractivity contribution in [3.05, 3.63) is 28.8 Å². The third-order valence-corrected chi connectivity index (χ3v) is 2.18. The number of halogens is 1. The van der Waals surface area contributed by atoms with E-state index in [1.54, 1.807) is 12.1 Å². The predicted octanol–water partition coefficient (Wildman–Crippen LogP) is 3.60. The van der Waals surface area contributed by atoms with Crippen LogP contribution in [0.4, 0.5) is 0 Å². The lowest BCUT2D eigenvalue weighted by atomic mass is 10.1. The van der Waals surface area contributed by atoms with E-state index >= 15 is 0 Å². The van der Waals surface area contributed by atoms with Crippen molar-refractivity contribution in [3.8, 4) is 5.75 Å². The third kappa shape index (κ3) is 3.92. The number of aryl methyl sites for hydroxylation is 1. The summed E-state index contributed by atoms with van der Waals surface area (Å²) >= 11 is 5.93. The summed E-state index contributed by atoms with van der Waals surface area (Å²) in [6, 6.07) is 5.36. The van der Waals surface area contributed by atoms with Crippen LogP contribution in [-0.2, 0) is 4.79 Å². The maximum absolute atomic E-state index is 11.4. The van der Waals surface area contributed by atoms with Crippen molar-refractivity contribution in [2.45, 2.75) is 27.2 Å². The number of ether oxygens (including phenoxy) is 1. The van der Waals surface area contributed by atoms with Gasteiger partial charge in [0.1, 0.15) is 5.75 Å². The molecule has 1 aromatic rings. The molecule has 2 nitrogen and oxygen atoms in total. The first kappa shape index (κ1) is 12.1. The standard InChI is InChI=1S/C12H15ClO2/c1-8(2)6-12(14)15-11-5-4-9(3)7-10(11)13/h4-5,7-8H,6H2,1-3H3. The number of hydrogen-bond acceptors (Lipinski definition) is 2. The molecule has 3 heteroatoms. The molecule has 0 amide bonds. The zero-order chi connectivity index (χ0) is 11.4. The average molecular weight is 227 g/mol. The molecule has 0 bridgehead atoms. The van der Waals surface area contributed by atoms with Crippen molar-refractivity contribution >= 4 is 17.6 Å². The molecule has 0 N–H and O–H groups in total. The monoisotopic (exact) mass is 226 g/mol. The topological polar surface area (TPSA) is 26.3 Å². The fraction of sp³-hybridized carbons (Fsp3) is 0.417. The Hall–Kier alpha value is -1.02. The molecular weight excluding hydrogens is 212 g/mol. The Labute approximate surface area is 95.2 Å². The molecule has 0 saturated carbocycles. The summed E-state index contributed by atoms with van der Waals surface area (Å²) in [6.45, 7) is 5.88. The highest BCUT2D eigenvalue weighted by Crippen LogP contribution is 2.25. The molecule has 0 aliphatic heterocycles. The second-order valence-corrected chi connectivity index (χ2v) is 4.41. The minimum absolute atomic E-state index is 0.240. The van der Waals surface area contributed by atoms with E-state index in [-0.39, 0.29) is 5.97 Å². The van der Waals surface area contributed by atoms with Gasteiger partial charge in [0.05, 0.1) is 5.02 Å². The molecule has 0 aromatic heterocycles. The van der Waals surface area contributed by atoms with Crippen molar-refractivity contribution in [1.82, 2.24) is 0 Å². The summed E-state index contributed by atoms with van der Waals surface area (Å²) < 4.78 is 5.14. The SMILES string of the molecule is Cc1ccc(OC(=O)CC(C)C)c(Cl)c1. The smallest absolute Gasteiger partial charge is 0.311 e. The first-order valence-electron chi connectivity index (χ1n) is 4.96. The van der Waals surface area contributed by atoms with Gasteiger partial charge >= 0.3 is 5.97 Å². The van der Waals surface area contributed by atoms with Crippen LogP contribution in [0.1, 0.15) is 25.8 Å². The maximum atomic E-state index is 11.4. The highest BCUT2D eigenvalue weighted by molar-refractivity contribution is 6.32. The minimum atomic E-state index is -0.240. The molecule has 1 aromatic carbocycles. The van der Waals surface area contributed by atoms with Gasteiger partial charge in [0, 0.05) is 6.42 Å².